The van der Waals surface area contributed by atoms with Crippen molar-refractivity contribution in [3.05, 3.63) is 35.1 Å². The Morgan fingerprint density at radius 1 is 1.33 bits per heavy atom. The molecule has 1 saturated heterocycles. The molecule has 0 saturated carbocycles. The van der Waals surface area contributed by atoms with Gasteiger partial charge in [0.1, 0.15) is 11.5 Å². The van der Waals surface area contributed by atoms with Gasteiger partial charge in [0.05, 0.1) is 17.9 Å². The van der Waals surface area contributed by atoms with E-state index in [4.69, 9.17) is 5.11 Å². The van der Waals surface area contributed by atoms with E-state index in [1.165, 1.54) is 4.90 Å². The SMILES string of the molecule is O=C(O)C1=CCC2/C(=C\c3cn4c(n3)nc3n4CCCC3)C(=O)N12. The summed E-state index contributed by atoms with van der Waals surface area (Å²) in [5, 5.41) is 9.10. The van der Waals surface area contributed by atoms with Gasteiger partial charge in [0.2, 0.25) is 0 Å². The van der Waals surface area contributed by atoms with Gasteiger partial charge in [-0.15, -0.1) is 0 Å². The zero-order valence-electron chi connectivity index (χ0n) is 12.8. The lowest BCUT2D eigenvalue weighted by Crippen LogP contribution is -2.52. The Kier molecular flexibility index (Phi) is 2.57. The molecule has 3 aliphatic rings. The molecule has 1 atom stereocenters. The summed E-state index contributed by atoms with van der Waals surface area (Å²) in [5.41, 5.74) is 1.38. The smallest absolute Gasteiger partial charge is 0.352 e. The molecule has 1 fully saturated rings. The molecule has 1 unspecified atom stereocenters. The Bertz CT molecular complexity index is 964. The lowest BCUT2D eigenvalue weighted by Gasteiger charge is -2.38. The molecule has 0 aliphatic carbocycles. The number of carbonyl (C=O) groups is 2. The summed E-state index contributed by atoms with van der Waals surface area (Å²) in [6.07, 6.45) is 9.05. The van der Waals surface area contributed by atoms with Gasteiger partial charge < -0.3 is 5.11 Å². The summed E-state index contributed by atoms with van der Waals surface area (Å²) < 4.78 is 4.07. The molecule has 2 aromatic rings. The van der Waals surface area contributed by atoms with Crippen LogP contribution >= 0.6 is 0 Å². The van der Waals surface area contributed by atoms with Gasteiger partial charge in [-0.25, -0.2) is 14.3 Å². The number of imidazole rings is 1. The van der Waals surface area contributed by atoms with Gasteiger partial charge in [0.25, 0.3) is 11.7 Å². The molecule has 1 amide bonds. The van der Waals surface area contributed by atoms with Crippen LogP contribution in [0.3, 0.4) is 0 Å². The number of hydrogen-bond donors (Lipinski definition) is 1. The fraction of sp³-hybridized carbons (Fsp3) is 0.375. The highest BCUT2D eigenvalue weighted by Crippen LogP contribution is 2.38. The molecule has 0 spiro atoms. The lowest BCUT2D eigenvalue weighted by molar-refractivity contribution is -0.142. The summed E-state index contributed by atoms with van der Waals surface area (Å²) in [6, 6.07) is -0.172. The molecule has 2 aromatic heterocycles. The van der Waals surface area contributed by atoms with E-state index in [1.54, 1.807) is 12.2 Å². The predicted molar refractivity (Wildman–Crippen MR) is 82.9 cm³/mol. The average Bonchev–Trinajstić information content (AvgIpc) is 3.22. The van der Waals surface area contributed by atoms with Gasteiger partial charge in [-0.2, -0.15) is 4.98 Å². The van der Waals surface area contributed by atoms with E-state index in [9.17, 15) is 9.59 Å². The first-order valence-corrected chi connectivity index (χ1v) is 8.07. The molecule has 1 N–H and O–H groups in total. The minimum absolute atomic E-state index is 0.0806. The van der Waals surface area contributed by atoms with Gasteiger partial charge in [0, 0.05) is 18.5 Å². The second-order valence-electron chi connectivity index (χ2n) is 6.34. The Morgan fingerprint density at radius 2 is 2.21 bits per heavy atom. The number of carboxylic acids is 1. The predicted octanol–water partition coefficient (Wildman–Crippen LogP) is 0.833. The summed E-state index contributed by atoms with van der Waals surface area (Å²) in [4.78, 5) is 33.7. The van der Waals surface area contributed by atoms with Crippen LogP contribution in [-0.2, 0) is 22.6 Å². The monoisotopic (exact) mass is 325 g/mol. The molecular weight excluding hydrogens is 310 g/mol. The van der Waals surface area contributed by atoms with Crippen molar-refractivity contribution in [2.75, 3.05) is 0 Å². The van der Waals surface area contributed by atoms with E-state index >= 15 is 0 Å². The van der Waals surface area contributed by atoms with Crippen molar-refractivity contribution in [3.63, 3.8) is 0 Å². The van der Waals surface area contributed by atoms with Crippen LogP contribution in [-0.4, -0.2) is 47.1 Å². The number of nitrogens with zero attached hydrogens (tertiary/aromatic N) is 5. The van der Waals surface area contributed by atoms with Gasteiger partial charge in [-0.1, -0.05) is 6.08 Å². The number of aryl methyl sites for hydroxylation is 2. The minimum atomic E-state index is -1.06. The van der Waals surface area contributed by atoms with Gasteiger partial charge in [-0.3, -0.25) is 14.4 Å². The number of rotatable bonds is 2. The summed E-state index contributed by atoms with van der Waals surface area (Å²) >= 11 is 0. The van der Waals surface area contributed by atoms with Crippen molar-refractivity contribution >= 4 is 23.7 Å². The maximum absolute atomic E-state index is 12.2. The number of amides is 1. The van der Waals surface area contributed by atoms with Crippen molar-refractivity contribution in [1.29, 1.82) is 0 Å². The highest BCUT2D eigenvalue weighted by Gasteiger charge is 2.48. The first kappa shape index (κ1) is 13.5. The van der Waals surface area contributed by atoms with Crippen LogP contribution in [0.4, 0.5) is 0 Å². The Balaban J connectivity index is 1.47. The molecular formula is C16H15N5O3. The van der Waals surface area contributed by atoms with Gasteiger partial charge in [0.15, 0.2) is 0 Å². The largest absolute Gasteiger partial charge is 0.477 e. The quantitative estimate of drug-likeness (QED) is 0.652. The highest BCUT2D eigenvalue weighted by atomic mass is 16.4. The van der Waals surface area contributed by atoms with E-state index in [-0.39, 0.29) is 17.6 Å². The van der Waals surface area contributed by atoms with Gasteiger partial charge in [-0.05, 0) is 25.3 Å². The van der Waals surface area contributed by atoms with Crippen LogP contribution < -0.4 is 0 Å². The van der Waals surface area contributed by atoms with Crippen molar-refractivity contribution < 1.29 is 14.7 Å². The molecule has 8 heteroatoms. The third-order valence-electron chi connectivity index (χ3n) is 4.95. The third-order valence-corrected chi connectivity index (χ3v) is 4.95. The van der Waals surface area contributed by atoms with E-state index in [0.717, 1.165) is 31.6 Å². The highest BCUT2D eigenvalue weighted by molar-refractivity contribution is 6.10. The second kappa shape index (κ2) is 4.56. The Morgan fingerprint density at radius 3 is 3.04 bits per heavy atom. The summed E-state index contributed by atoms with van der Waals surface area (Å²) in [7, 11) is 0. The van der Waals surface area contributed by atoms with Crippen molar-refractivity contribution in [2.45, 2.75) is 38.3 Å². The van der Waals surface area contributed by atoms with Gasteiger partial charge >= 0.3 is 5.97 Å². The first-order valence-electron chi connectivity index (χ1n) is 8.07. The molecule has 0 bridgehead atoms. The van der Waals surface area contributed by atoms with Crippen molar-refractivity contribution in [1.82, 2.24) is 24.1 Å². The van der Waals surface area contributed by atoms with Crippen LogP contribution in [0, 0.1) is 0 Å². The first-order chi connectivity index (χ1) is 11.6. The Hall–Kier alpha value is -2.90. The molecule has 5 heterocycles. The fourth-order valence-corrected chi connectivity index (χ4v) is 3.80. The third kappa shape index (κ3) is 1.68. The number of aromatic nitrogens is 4. The molecule has 122 valence electrons. The topological polar surface area (TPSA) is 92.7 Å². The van der Waals surface area contributed by atoms with E-state index in [0.29, 0.717) is 23.5 Å². The normalized spacial score (nSPS) is 24.1. The number of carboxylic acid groups (broad SMARTS) is 1. The fourth-order valence-electron chi connectivity index (χ4n) is 3.80. The van der Waals surface area contributed by atoms with E-state index in [2.05, 4.69) is 14.6 Å². The maximum Gasteiger partial charge on any atom is 0.352 e. The van der Waals surface area contributed by atoms with Crippen molar-refractivity contribution in [3.8, 4) is 0 Å². The van der Waals surface area contributed by atoms with E-state index in [1.807, 2.05) is 10.7 Å². The number of carbonyl (C=O) groups excluding carboxylic acids is 1. The molecule has 0 aromatic carbocycles. The molecule has 0 radical (unpaired) electrons. The maximum atomic E-state index is 12.2. The number of hydrogen-bond acceptors (Lipinski definition) is 4. The molecule has 5 rings (SSSR count). The van der Waals surface area contributed by atoms with Crippen LogP contribution in [0.1, 0.15) is 30.8 Å². The van der Waals surface area contributed by atoms with Crippen LogP contribution in [0.15, 0.2) is 23.5 Å². The minimum Gasteiger partial charge on any atom is -0.477 e. The second-order valence-corrected chi connectivity index (χ2v) is 6.34. The van der Waals surface area contributed by atoms with Crippen LogP contribution in [0.25, 0.3) is 11.9 Å². The number of aliphatic carboxylic acids is 1. The standard InChI is InChI=1S/C16H15N5O3/c22-14-10(11-4-5-12(15(23)24)21(11)14)7-9-8-20-16(17-9)18-13-3-1-2-6-19(13)20/h5,7-8,11H,1-4,6H2,(H,23,24)/b10-7+. The zero-order valence-corrected chi connectivity index (χ0v) is 12.8. The molecule has 24 heavy (non-hydrogen) atoms. The summed E-state index contributed by atoms with van der Waals surface area (Å²) in [6.45, 7) is 0.930. The van der Waals surface area contributed by atoms with Crippen LogP contribution in [0.2, 0.25) is 0 Å². The summed E-state index contributed by atoms with van der Waals surface area (Å²) in [5.74, 6) is 0.400. The number of β-lactam (4-membered cyclic amide) rings is 1. The lowest BCUT2D eigenvalue weighted by atomic mass is 9.94. The van der Waals surface area contributed by atoms with Crippen molar-refractivity contribution in [2.24, 2.45) is 0 Å². The zero-order chi connectivity index (χ0) is 16.4. The number of fused-ring (bicyclic) bond motifs is 4. The van der Waals surface area contributed by atoms with E-state index < -0.39 is 5.97 Å². The molecule has 8 nitrogen and oxygen atoms in total. The average molecular weight is 325 g/mol. The van der Waals surface area contributed by atoms with Crippen LogP contribution in [0.5, 0.6) is 0 Å². The Labute approximate surface area is 136 Å². The molecule has 3 aliphatic heterocycles.